The maximum atomic E-state index is 3.64. The molecular weight excluding hydrogens is 306 g/mol. The molecule has 0 saturated heterocycles. The number of hydrogen-bond acceptors (Lipinski definition) is 2. The Morgan fingerprint density at radius 3 is 2.50 bits per heavy atom. The molecule has 2 aromatic carbocycles. The number of benzene rings is 2. The van der Waals surface area contributed by atoms with E-state index in [4.69, 9.17) is 0 Å². The molecule has 0 fully saturated rings. The van der Waals surface area contributed by atoms with Gasteiger partial charge in [0.2, 0.25) is 0 Å². The zero-order valence-electron chi connectivity index (χ0n) is 10.3. The minimum atomic E-state index is 0.910. The van der Waals surface area contributed by atoms with Gasteiger partial charge in [0.1, 0.15) is 0 Å². The van der Waals surface area contributed by atoms with Crippen LogP contribution in [0.25, 0.3) is 0 Å². The second-order valence-electron chi connectivity index (χ2n) is 3.95. The molecule has 1 N–H and O–H groups in total. The van der Waals surface area contributed by atoms with Crippen LogP contribution in [0.4, 0.5) is 0 Å². The third-order valence-electron chi connectivity index (χ3n) is 2.57. The summed E-state index contributed by atoms with van der Waals surface area (Å²) in [6.07, 6.45) is 0. The minimum absolute atomic E-state index is 0.910. The van der Waals surface area contributed by atoms with Crippen LogP contribution < -0.4 is 5.32 Å². The molecule has 0 bridgehead atoms. The van der Waals surface area contributed by atoms with Gasteiger partial charge in [-0.1, -0.05) is 58.9 Å². The van der Waals surface area contributed by atoms with Crippen molar-refractivity contribution in [1.29, 1.82) is 0 Å². The van der Waals surface area contributed by atoms with Gasteiger partial charge in [-0.3, -0.25) is 0 Å². The molecule has 3 heteroatoms. The maximum absolute atomic E-state index is 3.64. The highest BCUT2D eigenvalue weighted by Crippen LogP contribution is 2.30. The molecule has 0 unspecified atom stereocenters. The van der Waals surface area contributed by atoms with E-state index in [9.17, 15) is 0 Å². The van der Waals surface area contributed by atoms with E-state index in [1.165, 1.54) is 19.8 Å². The molecular formula is C15H16BrNS. The Balaban J connectivity index is 2.09. The van der Waals surface area contributed by atoms with Crippen LogP contribution in [0.1, 0.15) is 12.5 Å². The van der Waals surface area contributed by atoms with Crippen LogP contribution in [0.15, 0.2) is 62.8 Å². The second kappa shape index (κ2) is 6.98. The first kappa shape index (κ1) is 13.7. The lowest BCUT2D eigenvalue weighted by Crippen LogP contribution is -2.11. The number of hydrogen-bond donors (Lipinski definition) is 1. The van der Waals surface area contributed by atoms with Crippen molar-refractivity contribution < 1.29 is 0 Å². The fourth-order valence-corrected chi connectivity index (χ4v) is 3.17. The first-order chi connectivity index (χ1) is 8.79. The molecule has 0 aromatic heterocycles. The highest BCUT2D eigenvalue weighted by atomic mass is 79.9. The third-order valence-corrected chi connectivity index (χ3v) is 4.30. The summed E-state index contributed by atoms with van der Waals surface area (Å²) < 4.78 is 1.17. The highest BCUT2D eigenvalue weighted by Gasteiger charge is 2.02. The van der Waals surface area contributed by atoms with Crippen LogP contribution in [0.5, 0.6) is 0 Å². The Hall–Kier alpha value is -0.770. The summed E-state index contributed by atoms with van der Waals surface area (Å²) >= 11 is 5.42. The van der Waals surface area contributed by atoms with Gasteiger partial charge in [0.25, 0.3) is 0 Å². The zero-order valence-corrected chi connectivity index (χ0v) is 12.7. The summed E-state index contributed by atoms with van der Waals surface area (Å²) in [6.45, 7) is 4.02. The van der Waals surface area contributed by atoms with E-state index in [2.05, 4.69) is 70.6 Å². The summed E-state index contributed by atoms with van der Waals surface area (Å²) in [5.74, 6) is 0. The standard InChI is InChI=1S/C15H16BrNS/c1-2-17-11-12-8-9-14(10-15(12)16)18-13-6-4-3-5-7-13/h3-10,17H,2,11H2,1H3. The van der Waals surface area contributed by atoms with E-state index in [-0.39, 0.29) is 0 Å². The zero-order chi connectivity index (χ0) is 12.8. The van der Waals surface area contributed by atoms with Crippen LogP contribution in [0.2, 0.25) is 0 Å². The molecule has 1 nitrogen and oxygen atoms in total. The quantitative estimate of drug-likeness (QED) is 0.855. The molecule has 0 heterocycles. The van der Waals surface area contributed by atoms with E-state index >= 15 is 0 Å². The van der Waals surface area contributed by atoms with Crippen molar-refractivity contribution in [1.82, 2.24) is 5.32 Å². The Morgan fingerprint density at radius 1 is 1.06 bits per heavy atom. The first-order valence-electron chi connectivity index (χ1n) is 6.01. The average molecular weight is 322 g/mol. The number of halogens is 1. The summed E-state index contributed by atoms with van der Waals surface area (Å²) in [6, 6.07) is 17.0. The monoisotopic (exact) mass is 321 g/mol. The molecule has 0 spiro atoms. The van der Waals surface area contributed by atoms with Gasteiger partial charge >= 0.3 is 0 Å². The fourth-order valence-electron chi connectivity index (χ4n) is 1.62. The van der Waals surface area contributed by atoms with Crippen molar-refractivity contribution in [3.63, 3.8) is 0 Å². The molecule has 0 amide bonds. The SMILES string of the molecule is CCNCc1ccc(Sc2ccccc2)cc1Br. The van der Waals surface area contributed by atoms with Crippen molar-refractivity contribution in [2.24, 2.45) is 0 Å². The summed E-state index contributed by atoms with van der Waals surface area (Å²) in [4.78, 5) is 2.53. The maximum Gasteiger partial charge on any atom is 0.0231 e. The van der Waals surface area contributed by atoms with Gasteiger partial charge in [0, 0.05) is 20.8 Å². The predicted octanol–water partition coefficient (Wildman–Crippen LogP) is 4.71. The second-order valence-corrected chi connectivity index (χ2v) is 5.95. The van der Waals surface area contributed by atoms with E-state index in [1.807, 2.05) is 6.07 Å². The van der Waals surface area contributed by atoms with Gasteiger partial charge in [0.05, 0.1) is 0 Å². The van der Waals surface area contributed by atoms with E-state index < -0.39 is 0 Å². The fraction of sp³-hybridized carbons (Fsp3) is 0.200. The van der Waals surface area contributed by atoms with Crippen molar-refractivity contribution in [3.8, 4) is 0 Å². The smallest absolute Gasteiger partial charge is 0.0231 e. The molecule has 0 radical (unpaired) electrons. The van der Waals surface area contributed by atoms with E-state index in [1.54, 1.807) is 11.8 Å². The van der Waals surface area contributed by atoms with Gasteiger partial charge in [-0.15, -0.1) is 0 Å². The topological polar surface area (TPSA) is 12.0 Å². The van der Waals surface area contributed by atoms with Crippen LogP contribution in [-0.2, 0) is 6.54 Å². The van der Waals surface area contributed by atoms with Gasteiger partial charge in [-0.25, -0.2) is 0 Å². The number of rotatable bonds is 5. The molecule has 2 aromatic rings. The molecule has 0 saturated carbocycles. The van der Waals surface area contributed by atoms with Crippen LogP contribution in [-0.4, -0.2) is 6.54 Å². The lowest BCUT2D eigenvalue weighted by atomic mass is 10.2. The van der Waals surface area contributed by atoms with Gasteiger partial charge in [-0.05, 0) is 36.4 Å². The lowest BCUT2D eigenvalue weighted by Gasteiger charge is -2.07. The van der Waals surface area contributed by atoms with Crippen molar-refractivity contribution in [2.45, 2.75) is 23.3 Å². The Kier molecular flexibility index (Phi) is 5.29. The predicted molar refractivity (Wildman–Crippen MR) is 82.1 cm³/mol. The summed E-state index contributed by atoms with van der Waals surface area (Å²) in [5.41, 5.74) is 1.30. The van der Waals surface area contributed by atoms with Crippen molar-refractivity contribution in [3.05, 3.63) is 58.6 Å². The largest absolute Gasteiger partial charge is 0.313 e. The van der Waals surface area contributed by atoms with Gasteiger partial charge in [0.15, 0.2) is 0 Å². The Bertz CT molecular complexity index is 499. The average Bonchev–Trinajstić information content (AvgIpc) is 2.39. The van der Waals surface area contributed by atoms with Crippen molar-refractivity contribution in [2.75, 3.05) is 6.54 Å². The van der Waals surface area contributed by atoms with Crippen LogP contribution >= 0.6 is 27.7 Å². The van der Waals surface area contributed by atoms with Crippen LogP contribution in [0, 0.1) is 0 Å². The highest BCUT2D eigenvalue weighted by molar-refractivity contribution is 9.10. The third kappa shape index (κ3) is 3.87. The molecule has 0 aliphatic rings. The Morgan fingerprint density at radius 2 is 1.83 bits per heavy atom. The van der Waals surface area contributed by atoms with Gasteiger partial charge in [-0.2, -0.15) is 0 Å². The molecule has 0 aliphatic carbocycles. The molecule has 94 valence electrons. The molecule has 2 rings (SSSR count). The minimum Gasteiger partial charge on any atom is -0.313 e. The lowest BCUT2D eigenvalue weighted by molar-refractivity contribution is 0.724. The number of nitrogens with one attached hydrogen (secondary N) is 1. The van der Waals surface area contributed by atoms with Crippen LogP contribution in [0.3, 0.4) is 0 Å². The van der Waals surface area contributed by atoms with E-state index in [0.29, 0.717) is 0 Å². The normalized spacial score (nSPS) is 10.6. The van der Waals surface area contributed by atoms with E-state index in [0.717, 1.165) is 13.1 Å². The summed E-state index contributed by atoms with van der Waals surface area (Å²) in [5, 5.41) is 3.34. The Labute approximate surface area is 121 Å². The molecule has 0 atom stereocenters. The molecule has 0 aliphatic heterocycles. The summed E-state index contributed by atoms with van der Waals surface area (Å²) in [7, 11) is 0. The van der Waals surface area contributed by atoms with Gasteiger partial charge < -0.3 is 5.32 Å². The first-order valence-corrected chi connectivity index (χ1v) is 7.62. The molecule has 18 heavy (non-hydrogen) atoms. The van der Waals surface area contributed by atoms with Crippen molar-refractivity contribution >= 4 is 27.7 Å².